The Morgan fingerprint density at radius 3 is 2.38 bits per heavy atom. The molecule has 0 aromatic heterocycles. The van der Waals surface area contributed by atoms with Crippen LogP contribution in [0, 0.1) is 6.92 Å². The van der Waals surface area contributed by atoms with Crippen molar-refractivity contribution >= 4 is 18.2 Å². The number of hydrogen-bond acceptors (Lipinski definition) is 4. The summed E-state index contributed by atoms with van der Waals surface area (Å²) in [6.07, 6.45) is 0.838. The summed E-state index contributed by atoms with van der Waals surface area (Å²) in [5.41, 5.74) is 6.16. The number of aryl methyl sites for hydroxylation is 1. The third-order valence-corrected chi connectivity index (χ3v) is 2.14. The van der Waals surface area contributed by atoms with E-state index < -0.39 is 0 Å². The van der Waals surface area contributed by atoms with E-state index in [2.05, 4.69) is 5.73 Å². The fraction of sp³-hybridized carbons (Fsp3) is 0.222. The van der Waals surface area contributed by atoms with Crippen LogP contribution in [-0.4, -0.2) is 13.3 Å². The molecule has 4 heteroatoms. The van der Waals surface area contributed by atoms with E-state index in [9.17, 15) is 4.79 Å². The van der Waals surface area contributed by atoms with Crippen LogP contribution in [0.2, 0.25) is 0 Å². The van der Waals surface area contributed by atoms with Gasteiger partial charge in [0.15, 0.2) is 6.29 Å². The summed E-state index contributed by atoms with van der Waals surface area (Å²) in [4.78, 5) is 11.4. The normalized spacial score (nSPS) is 8.62. The zero-order valence-electron chi connectivity index (χ0n) is 7.78. The maximum Gasteiger partial charge on any atom is 0.151 e. The van der Waals surface area contributed by atoms with Crippen LogP contribution in [0.1, 0.15) is 15.9 Å². The van der Waals surface area contributed by atoms with Gasteiger partial charge < -0.3 is 5.73 Å². The Labute approximate surface area is 82.6 Å². The van der Waals surface area contributed by atoms with Crippen LogP contribution >= 0.6 is 11.9 Å². The van der Waals surface area contributed by atoms with Crippen molar-refractivity contribution in [3.05, 3.63) is 29.3 Å². The van der Waals surface area contributed by atoms with Gasteiger partial charge in [0.25, 0.3) is 0 Å². The minimum atomic E-state index is 0.694. The van der Waals surface area contributed by atoms with E-state index in [1.807, 2.05) is 25.1 Å². The van der Waals surface area contributed by atoms with Gasteiger partial charge in [-0.2, -0.15) is 0 Å². The molecule has 0 aliphatic carbocycles. The Balaban J connectivity index is 0.000000671. The minimum Gasteiger partial charge on any atom is -0.333 e. The summed E-state index contributed by atoms with van der Waals surface area (Å²) in [7, 11) is 1.50. The zero-order chi connectivity index (χ0) is 10.3. The molecule has 1 aromatic rings. The molecular formula is C9H14N2OS. The molecule has 1 aromatic carbocycles. The van der Waals surface area contributed by atoms with E-state index in [0.717, 1.165) is 28.7 Å². The lowest BCUT2D eigenvalue weighted by atomic mass is 10.1. The van der Waals surface area contributed by atoms with Crippen molar-refractivity contribution in [2.24, 2.45) is 10.9 Å². The Morgan fingerprint density at radius 1 is 1.38 bits per heavy atom. The molecule has 0 spiro atoms. The molecule has 72 valence electrons. The second-order valence-electron chi connectivity index (χ2n) is 2.22. The second kappa shape index (κ2) is 6.65. The molecule has 3 nitrogen and oxygen atoms in total. The van der Waals surface area contributed by atoms with Crippen LogP contribution in [0.3, 0.4) is 0 Å². The van der Waals surface area contributed by atoms with Crippen molar-refractivity contribution < 1.29 is 4.79 Å². The van der Waals surface area contributed by atoms with Gasteiger partial charge in [-0.3, -0.25) is 9.93 Å². The van der Waals surface area contributed by atoms with E-state index >= 15 is 0 Å². The van der Waals surface area contributed by atoms with Crippen LogP contribution in [0.15, 0.2) is 23.1 Å². The fourth-order valence-corrected chi connectivity index (χ4v) is 1.40. The topological polar surface area (TPSA) is 69.1 Å². The molecule has 0 unspecified atom stereocenters. The van der Waals surface area contributed by atoms with Crippen LogP contribution in [-0.2, 0) is 0 Å². The molecular weight excluding hydrogens is 184 g/mol. The van der Waals surface area contributed by atoms with Crippen LogP contribution in [0.4, 0.5) is 0 Å². The summed E-state index contributed by atoms with van der Waals surface area (Å²) >= 11 is 1.10. The average Bonchev–Trinajstić information content (AvgIpc) is 2.20. The monoisotopic (exact) mass is 198 g/mol. The number of benzene rings is 1. The van der Waals surface area contributed by atoms with Gasteiger partial charge in [-0.25, -0.2) is 0 Å². The SMILES string of the molecule is CN.Cc1cccc(SN)c1C=O. The van der Waals surface area contributed by atoms with E-state index in [4.69, 9.17) is 5.14 Å². The molecule has 0 radical (unpaired) electrons. The number of nitrogens with two attached hydrogens (primary N) is 2. The molecule has 0 fully saturated rings. The highest BCUT2D eigenvalue weighted by Crippen LogP contribution is 2.18. The lowest BCUT2D eigenvalue weighted by Gasteiger charge is -2.02. The van der Waals surface area contributed by atoms with Gasteiger partial charge in [-0.05, 0) is 37.5 Å². The first-order chi connectivity index (χ1) is 6.29. The lowest BCUT2D eigenvalue weighted by Crippen LogP contribution is -1.91. The van der Waals surface area contributed by atoms with Gasteiger partial charge in [-0.15, -0.1) is 0 Å². The highest BCUT2D eigenvalue weighted by molar-refractivity contribution is 7.97. The van der Waals surface area contributed by atoms with Crippen molar-refractivity contribution in [2.45, 2.75) is 11.8 Å². The van der Waals surface area contributed by atoms with E-state index in [-0.39, 0.29) is 0 Å². The van der Waals surface area contributed by atoms with E-state index in [0.29, 0.717) is 5.56 Å². The molecule has 0 saturated carbocycles. The molecule has 0 atom stereocenters. The smallest absolute Gasteiger partial charge is 0.151 e. The van der Waals surface area contributed by atoms with Gasteiger partial charge in [0.05, 0.1) is 0 Å². The number of carbonyl (C=O) groups excluding carboxylic acids is 1. The largest absolute Gasteiger partial charge is 0.333 e. The van der Waals surface area contributed by atoms with Crippen molar-refractivity contribution in [3.63, 3.8) is 0 Å². The molecule has 0 aliphatic rings. The van der Waals surface area contributed by atoms with Crippen molar-refractivity contribution in [1.82, 2.24) is 0 Å². The van der Waals surface area contributed by atoms with Crippen molar-refractivity contribution in [3.8, 4) is 0 Å². The van der Waals surface area contributed by atoms with Gasteiger partial charge >= 0.3 is 0 Å². The summed E-state index contributed by atoms with van der Waals surface area (Å²) < 4.78 is 0. The third kappa shape index (κ3) is 3.18. The predicted octanol–water partition coefficient (Wildman–Crippen LogP) is 1.35. The molecule has 0 amide bonds. The molecule has 1 rings (SSSR count). The molecule has 13 heavy (non-hydrogen) atoms. The second-order valence-corrected chi connectivity index (χ2v) is 2.90. The number of hydrogen-bond donors (Lipinski definition) is 2. The molecule has 4 N–H and O–H groups in total. The van der Waals surface area contributed by atoms with Crippen molar-refractivity contribution in [2.75, 3.05) is 7.05 Å². The average molecular weight is 198 g/mol. The Bertz CT molecular complexity index is 276. The summed E-state index contributed by atoms with van der Waals surface area (Å²) in [6, 6.07) is 5.61. The van der Waals surface area contributed by atoms with Gasteiger partial charge in [-0.1, -0.05) is 12.1 Å². The van der Waals surface area contributed by atoms with Gasteiger partial charge in [0, 0.05) is 10.5 Å². The summed E-state index contributed by atoms with van der Waals surface area (Å²) in [5.74, 6) is 0. The summed E-state index contributed by atoms with van der Waals surface area (Å²) in [5, 5.41) is 5.35. The highest BCUT2D eigenvalue weighted by Gasteiger charge is 2.01. The van der Waals surface area contributed by atoms with Crippen LogP contribution in [0.5, 0.6) is 0 Å². The number of aldehydes is 1. The fourth-order valence-electron chi connectivity index (χ4n) is 0.908. The molecule has 0 heterocycles. The standard InChI is InChI=1S/C8H9NOS.CH5N/c1-6-3-2-4-8(11-9)7(6)5-10;1-2/h2-5H,9H2,1H3;2H2,1H3. The summed E-state index contributed by atoms with van der Waals surface area (Å²) in [6.45, 7) is 1.89. The maximum atomic E-state index is 10.5. The minimum absolute atomic E-state index is 0.694. The zero-order valence-corrected chi connectivity index (χ0v) is 8.60. The quantitative estimate of drug-likeness (QED) is 0.556. The molecule has 0 bridgehead atoms. The molecule has 0 saturated heterocycles. The Kier molecular flexibility index (Phi) is 6.22. The molecule has 0 aliphatic heterocycles. The number of carbonyl (C=O) groups is 1. The van der Waals surface area contributed by atoms with E-state index in [1.54, 1.807) is 0 Å². The van der Waals surface area contributed by atoms with Gasteiger partial charge in [0.2, 0.25) is 0 Å². The third-order valence-electron chi connectivity index (χ3n) is 1.53. The maximum absolute atomic E-state index is 10.5. The van der Waals surface area contributed by atoms with E-state index in [1.165, 1.54) is 7.05 Å². The van der Waals surface area contributed by atoms with Crippen molar-refractivity contribution in [1.29, 1.82) is 0 Å². The Hall–Kier alpha value is -0.840. The first-order valence-corrected chi connectivity index (χ1v) is 4.67. The van der Waals surface area contributed by atoms with Crippen LogP contribution in [0.25, 0.3) is 0 Å². The first kappa shape index (κ1) is 12.2. The predicted molar refractivity (Wildman–Crippen MR) is 56.7 cm³/mol. The van der Waals surface area contributed by atoms with Crippen LogP contribution < -0.4 is 10.9 Å². The number of rotatable bonds is 2. The lowest BCUT2D eigenvalue weighted by molar-refractivity contribution is 0.112. The first-order valence-electron chi connectivity index (χ1n) is 3.79. The Morgan fingerprint density at radius 2 is 2.00 bits per heavy atom. The van der Waals surface area contributed by atoms with Gasteiger partial charge in [0.1, 0.15) is 0 Å². The highest BCUT2D eigenvalue weighted by atomic mass is 32.2.